The number of fused-ring (bicyclic) bond motifs is 1. The van der Waals surface area contributed by atoms with Crippen LogP contribution in [0, 0.1) is 0 Å². The van der Waals surface area contributed by atoms with Crippen molar-refractivity contribution in [3.05, 3.63) is 47.0 Å². The standard InChI is InChI=1S/C14H8ClF2NO6S/c15-10-3-2-8(6-9(10)13(19)20)25(21,22)18-7-1-4-11-12(5-7)24-14(16,17)23-11/h1-6,18H,(H,19,20). The SMILES string of the molecule is O=C(O)c1cc(S(=O)(=O)Nc2ccc3c(c2)OC(F)(F)O3)ccc1Cl. The molecule has 0 aliphatic carbocycles. The fraction of sp³-hybridized carbons (Fsp3) is 0.0714. The molecule has 0 saturated heterocycles. The van der Waals surface area contributed by atoms with E-state index in [-0.39, 0.29) is 27.1 Å². The Balaban J connectivity index is 1.91. The first-order valence-corrected chi connectivity index (χ1v) is 8.39. The van der Waals surface area contributed by atoms with Gasteiger partial charge in [-0.2, -0.15) is 0 Å². The zero-order valence-corrected chi connectivity index (χ0v) is 13.6. The Bertz CT molecular complexity index is 979. The van der Waals surface area contributed by atoms with Gasteiger partial charge in [-0.1, -0.05) is 11.6 Å². The first kappa shape index (κ1) is 17.2. The van der Waals surface area contributed by atoms with Gasteiger partial charge in [0, 0.05) is 6.07 Å². The summed E-state index contributed by atoms with van der Waals surface area (Å²) in [5.41, 5.74) is -0.471. The maximum atomic E-state index is 13.0. The summed E-state index contributed by atoms with van der Waals surface area (Å²) in [6.07, 6.45) is -3.83. The van der Waals surface area contributed by atoms with Crippen molar-refractivity contribution >= 4 is 33.3 Å². The van der Waals surface area contributed by atoms with Gasteiger partial charge in [-0.15, -0.1) is 8.78 Å². The number of nitrogens with one attached hydrogen (secondary N) is 1. The number of halogens is 3. The number of hydrogen-bond acceptors (Lipinski definition) is 5. The number of carboxylic acids is 1. The van der Waals surface area contributed by atoms with E-state index in [1.54, 1.807) is 0 Å². The molecule has 0 fully saturated rings. The zero-order chi connectivity index (χ0) is 18.4. The molecule has 0 radical (unpaired) electrons. The van der Waals surface area contributed by atoms with E-state index in [1.807, 2.05) is 0 Å². The summed E-state index contributed by atoms with van der Waals surface area (Å²) in [7, 11) is -4.19. The van der Waals surface area contributed by atoms with Gasteiger partial charge in [0.05, 0.1) is 21.2 Å². The molecule has 0 saturated carbocycles. The second kappa shape index (κ2) is 5.74. The van der Waals surface area contributed by atoms with Crippen molar-refractivity contribution in [2.75, 3.05) is 4.72 Å². The topological polar surface area (TPSA) is 102 Å². The average Bonchev–Trinajstić information content (AvgIpc) is 2.79. The summed E-state index contributed by atoms with van der Waals surface area (Å²) >= 11 is 5.69. The Morgan fingerprint density at radius 3 is 2.48 bits per heavy atom. The molecular formula is C14H8ClF2NO6S. The van der Waals surface area contributed by atoms with E-state index in [9.17, 15) is 22.0 Å². The smallest absolute Gasteiger partial charge is 0.478 e. The van der Waals surface area contributed by atoms with Crippen molar-refractivity contribution in [1.82, 2.24) is 0 Å². The third kappa shape index (κ3) is 3.44. The highest BCUT2D eigenvalue weighted by Gasteiger charge is 2.43. The van der Waals surface area contributed by atoms with Gasteiger partial charge < -0.3 is 14.6 Å². The fourth-order valence-corrected chi connectivity index (χ4v) is 3.34. The van der Waals surface area contributed by atoms with Crippen molar-refractivity contribution in [2.45, 2.75) is 11.2 Å². The number of rotatable bonds is 4. The molecule has 0 unspecified atom stereocenters. The van der Waals surface area contributed by atoms with Crippen molar-refractivity contribution in [1.29, 1.82) is 0 Å². The Morgan fingerprint density at radius 1 is 1.12 bits per heavy atom. The number of benzene rings is 2. The minimum absolute atomic E-state index is 0.0770. The largest absolute Gasteiger partial charge is 0.586 e. The summed E-state index contributed by atoms with van der Waals surface area (Å²) in [6.45, 7) is 0. The van der Waals surface area contributed by atoms with Crippen LogP contribution < -0.4 is 14.2 Å². The third-order valence-electron chi connectivity index (χ3n) is 3.13. The molecule has 0 bridgehead atoms. The minimum Gasteiger partial charge on any atom is -0.478 e. The highest BCUT2D eigenvalue weighted by Crippen LogP contribution is 2.42. The van der Waals surface area contributed by atoms with Crippen molar-refractivity contribution in [2.24, 2.45) is 0 Å². The lowest BCUT2D eigenvalue weighted by Crippen LogP contribution is -2.25. The van der Waals surface area contributed by atoms with E-state index in [0.717, 1.165) is 30.3 Å². The van der Waals surface area contributed by atoms with Crippen molar-refractivity contribution < 1.29 is 36.6 Å². The van der Waals surface area contributed by atoms with Crippen LogP contribution >= 0.6 is 11.6 Å². The summed E-state index contributed by atoms with van der Waals surface area (Å²) in [6, 6.07) is 6.43. The van der Waals surface area contributed by atoms with Crippen molar-refractivity contribution in [3.8, 4) is 11.5 Å². The molecule has 0 amide bonds. The van der Waals surface area contributed by atoms with Crippen molar-refractivity contribution in [3.63, 3.8) is 0 Å². The van der Waals surface area contributed by atoms with Crippen LogP contribution in [-0.4, -0.2) is 25.8 Å². The number of anilines is 1. The molecule has 0 atom stereocenters. The monoisotopic (exact) mass is 391 g/mol. The normalized spacial score (nSPS) is 15.0. The molecule has 0 aromatic heterocycles. The Morgan fingerprint density at radius 2 is 1.80 bits per heavy atom. The zero-order valence-electron chi connectivity index (χ0n) is 12.0. The highest BCUT2D eigenvalue weighted by atomic mass is 35.5. The lowest BCUT2D eigenvalue weighted by Gasteiger charge is -2.10. The number of hydrogen-bond donors (Lipinski definition) is 2. The Labute approximate surface area is 144 Å². The van der Waals surface area contributed by atoms with Gasteiger partial charge >= 0.3 is 12.3 Å². The van der Waals surface area contributed by atoms with Gasteiger partial charge in [0.1, 0.15) is 0 Å². The van der Waals surface area contributed by atoms with E-state index < -0.39 is 27.9 Å². The predicted molar refractivity (Wildman–Crippen MR) is 81.9 cm³/mol. The number of carboxylic acid groups (broad SMARTS) is 1. The quantitative estimate of drug-likeness (QED) is 0.830. The van der Waals surface area contributed by atoms with Crippen LogP contribution in [0.3, 0.4) is 0 Å². The molecule has 7 nitrogen and oxygen atoms in total. The molecule has 1 aliphatic heterocycles. The molecule has 132 valence electrons. The summed E-state index contributed by atoms with van der Waals surface area (Å²) in [5.74, 6) is -1.98. The van der Waals surface area contributed by atoms with Crippen LogP contribution in [0.1, 0.15) is 10.4 Å². The molecule has 2 N–H and O–H groups in total. The van der Waals surface area contributed by atoms with Gasteiger partial charge in [0.15, 0.2) is 11.5 Å². The van der Waals surface area contributed by atoms with Gasteiger partial charge in [-0.05, 0) is 30.3 Å². The van der Waals surface area contributed by atoms with Gasteiger partial charge in [-0.3, -0.25) is 4.72 Å². The first-order valence-electron chi connectivity index (χ1n) is 6.53. The predicted octanol–water partition coefficient (Wildman–Crippen LogP) is 3.16. The van der Waals surface area contributed by atoms with Gasteiger partial charge in [0.2, 0.25) is 0 Å². The molecular weight excluding hydrogens is 384 g/mol. The van der Waals surface area contributed by atoms with Crippen LogP contribution in [-0.2, 0) is 10.0 Å². The van der Waals surface area contributed by atoms with E-state index in [0.29, 0.717) is 0 Å². The number of aromatic carboxylic acids is 1. The molecule has 1 heterocycles. The molecule has 3 rings (SSSR count). The number of alkyl halides is 2. The first-order chi connectivity index (χ1) is 11.6. The molecule has 25 heavy (non-hydrogen) atoms. The fourth-order valence-electron chi connectivity index (χ4n) is 2.06. The van der Waals surface area contributed by atoms with Crippen LogP contribution in [0.15, 0.2) is 41.3 Å². The average molecular weight is 392 g/mol. The van der Waals surface area contributed by atoms with Gasteiger partial charge in [-0.25, -0.2) is 13.2 Å². The summed E-state index contributed by atoms with van der Waals surface area (Å²) < 4.78 is 61.2. The molecule has 2 aromatic rings. The maximum absolute atomic E-state index is 13.0. The minimum atomic E-state index is -4.19. The van der Waals surface area contributed by atoms with Crippen LogP contribution in [0.25, 0.3) is 0 Å². The second-order valence-electron chi connectivity index (χ2n) is 4.88. The summed E-state index contributed by atoms with van der Waals surface area (Å²) in [4.78, 5) is 10.7. The van der Waals surface area contributed by atoms with Gasteiger partial charge in [0.25, 0.3) is 10.0 Å². The van der Waals surface area contributed by atoms with Crippen LogP contribution in [0.2, 0.25) is 5.02 Å². The van der Waals surface area contributed by atoms with E-state index >= 15 is 0 Å². The molecule has 1 aliphatic rings. The number of carbonyl (C=O) groups is 1. The molecule has 11 heteroatoms. The summed E-state index contributed by atoms with van der Waals surface area (Å²) in [5, 5.41) is 8.87. The molecule has 2 aromatic carbocycles. The lowest BCUT2D eigenvalue weighted by atomic mass is 10.2. The lowest BCUT2D eigenvalue weighted by molar-refractivity contribution is -0.286. The van der Waals surface area contributed by atoms with Crippen LogP contribution in [0.4, 0.5) is 14.5 Å². The van der Waals surface area contributed by atoms with E-state index in [4.69, 9.17) is 16.7 Å². The Kier molecular flexibility index (Phi) is 3.96. The highest BCUT2D eigenvalue weighted by molar-refractivity contribution is 7.92. The van der Waals surface area contributed by atoms with E-state index in [1.165, 1.54) is 6.07 Å². The second-order valence-corrected chi connectivity index (χ2v) is 6.97. The Hall–Kier alpha value is -2.59. The maximum Gasteiger partial charge on any atom is 0.586 e. The number of sulfonamides is 1. The molecule has 0 spiro atoms. The van der Waals surface area contributed by atoms with E-state index in [2.05, 4.69) is 14.2 Å². The number of ether oxygens (including phenoxy) is 2. The third-order valence-corrected chi connectivity index (χ3v) is 4.84. The van der Waals surface area contributed by atoms with Crippen LogP contribution in [0.5, 0.6) is 11.5 Å².